The van der Waals surface area contributed by atoms with Gasteiger partial charge in [0.05, 0.1) is 25.2 Å². The highest BCUT2D eigenvalue weighted by Crippen LogP contribution is 2.16. The highest BCUT2D eigenvalue weighted by Gasteiger charge is 2.23. The van der Waals surface area contributed by atoms with E-state index in [1.165, 1.54) is 103 Å². The molecule has 68 heavy (non-hydrogen) atoms. The highest BCUT2D eigenvalue weighted by molar-refractivity contribution is 5.78. The predicted molar refractivity (Wildman–Crippen MR) is 296 cm³/mol. The minimum atomic E-state index is -0.837. The van der Waals surface area contributed by atoms with Crippen LogP contribution in [0.2, 0.25) is 0 Å². The predicted octanol–water partition coefficient (Wildman–Crippen LogP) is 17.2. The third-order valence-electron chi connectivity index (χ3n) is 11.8. The van der Waals surface area contributed by atoms with Gasteiger partial charge in [0.25, 0.3) is 0 Å². The molecule has 0 aliphatic carbocycles. The van der Waals surface area contributed by atoms with E-state index in [0.717, 1.165) is 77.0 Å². The summed E-state index contributed by atoms with van der Waals surface area (Å²) >= 11 is 0. The van der Waals surface area contributed by atoms with Gasteiger partial charge in [0.1, 0.15) is 6.10 Å². The van der Waals surface area contributed by atoms with Crippen molar-refractivity contribution < 1.29 is 24.5 Å². The van der Waals surface area contributed by atoms with Crippen molar-refractivity contribution in [2.75, 3.05) is 6.61 Å². The van der Waals surface area contributed by atoms with Crippen molar-refractivity contribution >= 4 is 11.9 Å². The number of allylic oxidation sites excluding steroid dienone is 19. The Labute approximate surface area is 419 Å². The average molecular weight is 943 g/mol. The average Bonchev–Trinajstić information content (AvgIpc) is 3.33. The van der Waals surface area contributed by atoms with Crippen molar-refractivity contribution in [1.82, 2.24) is 5.32 Å². The maximum atomic E-state index is 13.2. The molecule has 0 spiro atoms. The van der Waals surface area contributed by atoms with E-state index in [1.54, 1.807) is 6.08 Å². The lowest BCUT2D eigenvalue weighted by Gasteiger charge is -2.23. The van der Waals surface area contributed by atoms with E-state index in [9.17, 15) is 19.8 Å². The molecule has 0 radical (unpaired) electrons. The Hall–Kier alpha value is -3.74. The van der Waals surface area contributed by atoms with E-state index in [0.29, 0.717) is 19.3 Å². The fraction of sp³-hybridized carbons (Fsp3) is 0.645. The first-order chi connectivity index (χ1) is 33.5. The molecule has 0 saturated heterocycles. The van der Waals surface area contributed by atoms with Gasteiger partial charge in [-0.3, -0.25) is 9.59 Å². The molecule has 0 aromatic rings. The van der Waals surface area contributed by atoms with Crippen LogP contribution in [0.25, 0.3) is 0 Å². The Morgan fingerprint density at radius 1 is 0.456 bits per heavy atom. The van der Waals surface area contributed by atoms with Crippen molar-refractivity contribution in [2.24, 2.45) is 0 Å². The van der Waals surface area contributed by atoms with Crippen LogP contribution < -0.4 is 5.32 Å². The number of rotatable bonds is 48. The van der Waals surface area contributed by atoms with Crippen LogP contribution in [0.4, 0.5) is 0 Å². The number of ether oxygens (including phenoxy) is 1. The van der Waals surface area contributed by atoms with Gasteiger partial charge in [-0.2, -0.15) is 0 Å². The highest BCUT2D eigenvalue weighted by atomic mass is 16.5. The van der Waals surface area contributed by atoms with Crippen LogP contribution in [-0.4, -0.2) is 46.9 Å². The minimum Gasteiger partial charge on any atom is -0.458 e. The molecular weight excluding hydrogens is 839 g/mol. The van der Waals surface area contributed by atoms with Gasteiger partial charge >= 0.3 is 5.97 Å². The van der Waals surface area contributed by atoms with Crippen LogP contribution in [-0.2, 0) is 14.3 Å². The number of aliphatic hydroxyl groups is 2. The Morgan fingerprint density at radius 2 is 0.824 bits per heavy atom. The molecule has 0 bridgehead atoms. The quantitative estimate of drug-likeness (QED) is 0.0321. The Morgan fingerprint density at radius 3 is 1.25 bits per heavy atom. The second kappa shape index (κ2) is 54.2. The number of aliphatic hydroxyl groups excluding tert-OH is 2. The van der Waals surface area contributed by atoms with Crippen LogP contribution >= 0.6 is 0 Å². The summed E-state index contributed by atoms with van der Waals surface area (Å²) in [6.45, 7) is 6.29. The van der Waals surface area contributed by atoms with Crippen LogP contribution in [0.5, 0.6) is 0 Å². The smallest absolute Gasteiger partial charge is 0.306 e. The largest absolute Gasteiger partial charge is 0.458 e. The van der Waals surface area contributed by atoms with E-state index >= 15 is 0 Å². The summed E-state index contributed by atoms with van der Waals surface area (Å²) in [5, 5.41) is 23.8. The molecule has 3 N–H and O–H groups in total. The van der Waals surface area contributed by atoms with E-state index in [2.05, 4.69) is 135 Å². The third kappa shape index (κ3) is 48.7. The van der Waals surface area contributed by atoms with E-state index in [1.807, 2.05) is 6.08 Å². The molecule has 0 heterocycles. The zero-order chi connectivity index (χ0) is 49.5. The topological polar surface area (TPSA) is 95.9 Å². The summed E-state index contributed by atoms with van der Waals surface area (Å²) in [6.07, 6.45) is 75.8. The molecule has 0 aliphatic rings. The van der Waals surface area contributed by atoms with Crippen LogP contribution in [0, 0.1) is 0 Å². The lowest BCUT2D eigenvalue weighted by Crippen LogP contribution is -2.46. The first-order valence-corrected chi connectivity index (χ1v) is 27.8. The Kier molecular flexibility index (Phi) is 51.2. The molecule has 386 valence electrons. The molecule has 6 nitrogen and oxygen atoms in total. The van der Waals surface area contributed by atoms with E-state index in [4.69, 9.17) is 4.74 Å². The third-order valence-corrected chi connectivity index (χ3v) is 11.8. The number of hydrogen-bond donors (Lipinski definition) is 3. The van der Waals surface area contributed by atoms with Crippen LogP contribution in [0.15, 0.2) is 122 Å². The molecule has 3 unspecified atom stereocenters. The van der Waals surface area contributed by atoms with Crippen molar-refractivity contribution in [3.05, 3.63) is 122 Å². The van der Waals surface area contributed by atoms with E-state index < -0.39 is 18.2 Å². The fourth-order valence-electron chi connectivity index (χ4n) is 7.60. The van der Waals surface area contributed by atoms with Gasteiger partial charge in [-0.1, -0.05) is 245 Å². The number of esters is 1. The summed E-state index contributed by atoms with van der Waals surface area (Å²) < 4.78 is 5.81. The summed E-state index contributed by atoms with van der Waals surface area (Å²) in [4.78, 5) is 26.2. The molecule has 3 atom stereocenters. The van der Waals surface area contributed by atoms with Gasteiger partial charge in [-0.05, 0) is 96.0 Å². The fourth-order valence-corrected chi connectivity index (χ4v) is 7.60. The summed E-state index contributed by atoms with van der Waals surface area (Å²) in [6, 6.07) is -0.763. The van der Waals surface area contributed by atoms with Gasteiger partial charge in [-0.25, -0.2) is 0 Å². The minimum absolute atomic E-state index is 0.0761. The summed E-state index contributed by atoms with van der Waals surface area (Å²) in [5.74, 6) is -0.705. The lowest BCUT2D eigenvalue weighted by atomic mass is 10.0. The SMILES string of the molecule is CC/C=C\C/C=C\C/C=C\C/C=C\C/C=C\C/C=C\C(CC(=O)NC(CO)C(O)CCCCCCCCCCCCCCCCC)OC(=O)CCC/C=C\C/C=C\C/C=C\C/C=C\CCCCC. The maximum absolute atomic E-state index is 13.2. The van der Waals surface area contributed by atoms with Gasteiger partial charge in [0, 0.05) is 6.42 Å². The molecule has 0 fully saturated rings. The second-order valence-electron chi connectivity index (χ2n) is 18.2. The number of unbranched alkanes of at least 4 members (excludes halogenated alkanes) is 18. The molecule has 0 rings (SSSR count). The van der Waals surface area contributed by atoms with Crippen molar-refractivity contribution in [1.29, 1.82) is 0 Å². The van der Waals surface area contributed by atoms with Gasteiger partial charge in [-0.15, -0.1) is 0 Å². The van der Waals surface area contributed by atoms with Gasteiger partial charge < -0.3 is 20.3 Å². The molecular formula is C62H103NO5. The van der Waals surface area contributed by atoms with Crippen LogP contribution in [0.1, 0.15) is 233 Å². The van der Waals surface area contributed by atoms with Gasteiger partial charge in [0.15, 0.2) is 0 Å². The van der Waals surface area contributed by atoms with Crippen LogP contribution in [0.3, 0.4) is 0 Å². The number of amides is 1. The first-order valence-electron chi connectivity index (χ1n) is 27.8. The number of carbonyl (C=O) groups excluding carboxylic acids is 2. The number of nitrogens with one attached hydrogen (secondary N) is 1. The maximum Gasteiger partial charge on any atom is 0.306 e. The normalized spacial score (nSPS) is 14.1. The summed E-state index contributed by atoms with van der Waals surface area (Å²) in [7, 11) is 0. The molecule has 6 heteroatoms. The standard InChI is InChI=1S/C62H103NO5/c1-4-7-10-13-16-19-22-25-28-30-33-35-38-41-44-47-50-53-58(68-62(67)55-52-49-46-43-40-37-34-31-29-26-23-20-17-14-11-8-5-2)56-61(66)63-59(57-64)60(65)54-51-48-45-42-39-36-32-27-24-21-18-15-12-9-6-3/h7,10,16-17,19-20,25-26,28-29,33-35,37,41,43-44,46,50,53,58-60,64-65H,4-6,8-9,11-15,18,21-24,27,30-32,36,38-40,42,45,47-49,51-52,54-57H2,1-3H3,(H,63,66)/b10-7-,19-16-,20-17-,28-25-,29-26-,35-33-,37-34-,44-41-,46-43-,53-50-. The molecule has 0 saturated carbocycles. The zero-order valence-electron chi connectivity index (χ0n) is 43.9. The molecule has 0 aliphatic heterocycles. The Bertz CT molecular complexity index is 1430. The Balaban J connectivity index is 4.85. The number of carbonyl (C=O) groups is 2. The summed E-state index contributed by atoms with van der Waals surface area (Å²) in [5.41, 5.74) is 0. The van der Waals surface area contributed by atoms with Crippen molar-refractivity contribution in [2.45, 2.75) is 251 Å². The molecule has 0 aromatic carbocycles. The lowest BCUT2D eigenvalue weighted by molar-refractivity contribution is -0.148. The number of hydrogen-bond acceptors (Lipinski definition) is 5. The first kappa shape index (κ1) is 64.3. The molecule has 0 aromatic heterocycles. The van der Waals surface area contributed by atoms with Crippen molar-refractivity contribution in [3.8, 4) is 0 Å². The second-order valence-corrected chi connectivity index (χ2v) is 18.2. The molecule has 1 amide bonds. The van der Waals surface area contributed by atoms with Gasteiger partial charge in [0.2, 0.25) is 5.91 Å². The zero-order valence-corrected chi connectivity index (χ0v) is 43.9. The van der Waals surface area contributed by atoms with Crippen molar-refractivity contribution in [3.63, 3.8) is 0 Å². The monoisotopic (exact) mass is 942 g/mol. The van der Waals surface area contributed by atoms with E-state index in [-0.39, 0.29) is 31.3 Å².